The van der Waals surface area contributed by atoms with Crippen LogP contribution in [0.25, 0.3) is 0 Å². The quantitative estimate of drug-likeness (QED) is 0.476. The molecular weight excluding hydrogens is 252 g/mol. The van der Waals surface area contributed by atoms with Gasteiger partial charge in [-0.2, -0.15) is 0 Å². The number of carbonyl (C=O) groups excluding carboxylic acids is 1. The number of carbonyl (C=O) groups is 1. The van der Waals surface area contributed by atoms with Crippen molar-refractivity contribution in [1.29, 1.82) is 0 Å². The summed E-state index contributed by atoms with van der Waals surface area (Å²) in [5.74, 6) is 0.651. The van der Waals surface area contributed by atoms with E-state index in [-0.39, 0.29) is 5.97 Å². The SMILES string of the molecule is CCCCCCCCOc1ccc(CC(=O)OC)cc1. The molecule has 1 rings (SSSR count). The van der Waals surface area contributed by atoms with Gasteiger partial charge in [0.1, 0.15) is 5.75 Å². The highest BCUT2D eigenvalue weighted by molar-refractivity contribution is 5.72. The van der Waals surface area contributed by atoms with Crippen LogP contribution in [0.2, 0.25) is 0 Å². The minimum Gasteiger partial charge on any atom is -0.494 e. The molecule has 0 N–H and O–H groups in total. The van der Waals surface area contributed by atoms with Gasteiger partial charge in [-0.3, -0.25) is 4.79 Å². The standard InChI is InChI=1S/C17H26O3/c1-3-4-5-6-7-8-13-20-16-11-9-15(10-12-16)14-17(18)19-2/h9-12H,3-8,13-14H2,1-2H3. The molecule has 112 valence electrons. The van der Waals surface area contributed by atoms with E-state index in [0.717, 1.165) is 24.3 Å². The molecule has 0 amide bonds. The zero-order valence-corrected chi connectivity index (χ0v) is 12.7. The fourth-order valence-electron chi connectivity index (χ4n) is 2.01. The highest BCUT2D eigenvalue weighted by Crippen LogP contribution is 2.14. The van der Waals surface area contributed by atoms with Crippen molar-refractivity contribution < 1.29 is 14.3 Å². The highest BCUT2D eigenvalue weighted by atomic mass is 16.5. The zero-order chi connectivity index (χ0) is 14.6. The van der Waals surface area contributed by atoms with Crippen LogP contribution in [0.1, 0.15) is 51.0 Å². The van der Waals surface area contributed by atoms with Crippen molar-refractivity contribution in [3.8, 4) is 5.75 Å². The molecule has 0 saturated carbocycles. The second-order valence-electron chi connectivity index (χ2n) is 5.01. The molecule has 0 unspecified atom stereocenters. The first-order valence-electron chi connectivity index (χ1n) is 7.54. The average Bonchev–Trinajstić information content (AvgIpc) is 2.48. The fraction of sp³-hybridized carbons (Fsp3) is 0.588. The summed E-state index contributed by atoms with van der Waals surface area (Å²) in [4.78, 5) is 11.1. The summed E-state index contributed by atoms with van der Waals surface area (Å²) in [5, 5.41) is 0. The Labute approximate surface area is 122 Å². The maximum atomic E-state index is 11.1. The second-order valence-corrected chi connectivity index (χ2v) is 5.01. The van der Waals surface area contributed by atoms with Crippen molar-refractivity contribution in [2.45, 2.75) is 51.9 Å². The normalized spacial score (nSPS) is 10.3. The van der Waals surface area contributed by atoms with E-state index in [1.165, 1.54) is 39.2 Å². The Morgan fingerprint density at radius 3 is 2.30 bits per heavy atom. The number of unbranched alkanes of at least 4 members (excludes halogenated alkanes) is 5. The van der Waals surface area contributed by atoms with Crippen LogP contribution < -0.4 is 4.74 Å². The van der Waals surface area contributed by atoms with Crippen molar-refractivity contribution in [3.63, 3.8) is 0 Å². The van der Waals surface area contributed by atoms with E-state index in [2.05, 4.69) is 11.7 Å². The summed E-state index contributed by atoms with van der Waals surface area (Å²) >= 11 is 0. The predicted octanol–water partition coefficient (Wildman–Crippen LogP) is 4.14. The van der Waals surface area contributed by atoms with Crippen LogP contribution in [0.5, 0.6) is 5.75 Å². The Kier molecular flexibility index (Phi) is 8.52. The van der Waals surface area contributed by atoms with Gasteiger partial charge in [0.05, 0.1) is 20.1 Å². The summed E-state index contributed by atoms with van der Waals surface area (Å²) in [6.45, 7) is 3.00. The maximum absolute atomic E-state index is 11.1. The predicted molar refractivity (Wildman–Crippen MR) is 81.0 cm³/mol. The smallest absolute Gasteiger partial charge is 0.309 e. The van der Waals surface area contributed by atoms with Crippen molar-refractivity contribution in [2.75, 3.05) is 13.7 Å². The molecule has 0 heterocycles. The Morgan fingerprint density at radius 2 is 1.65 bits per heavy atom. The monoisotopic (exact) mass is 278 g/mol. The molecule has 0 bridgehead atoms. The molecule has 0 aliphatic heterocycles. The molecule has 20 heavy (non-hydrogen) atoms. The first-order chi connectivity index (χ1) is 9.76. The molecule has 0 fully saturated rings. The van der Waals surface area contributed by atoms with Crippen molar-refractivity contribution >= 4 is 5.97 Å². The lowest BCUT2D eigenvalue weighted by molar-refractivity contribution is -0.139. The van der Waals surface area contributed by atoms with Gasteiger partial charge < -0.3 is 9.47 Å². The molecule has 0 aliphatic carbocycles. The van der Waals surface area contributed by atoms with Gasteiger partial charge in [0, 0.05) is 0 Å². The Balaban J connectivity index is 2.16. The van der Waals surface area contributed by atoms with Gasteiger partial charge >= 0.3 is 5.97 Å². The minimum absolute atomic E-state index is 0.217. The minimum atomic E-state index is -0.217. The van der Waals surface area contributed by atoms with Crippen molar-refractivity contribution in [3.05, 3.63) is 29.8 Å². The Hall–Kier alpha value is -1.51. The van der Waals surface area contributed by atoms with E-state index in [0.29, 0.717) is 6.42 Å². The van der Waals surface area contributed by atoms with Gasteiger partial charge in [-0.15, -0.1) is 0 Å². The fourth-order valence-corrected chi connectivity index (χ4v) is 2.01. The van der Waals surface area contributed by atoms with Gasteiger partial charge in [-0.05, 0) is 24.1 Å². The molecule has 3 heteroatoms. The molecule has 0 aromatic heterocycles. The van der Waals surface area contributed by atoms with E-state index in [1.807, 2.05) is 24.3 Å². The number of hydrogen-bond acceptors (Lipinski definition) is 3. The molecule has 0 atom stereocenters. The first kappa shape index (κ1) is 16.5. The number of esters is 1. The Bertz CT molecular complexity index is 370. The maximum Gasteiger partial charge on any atom is 0.309 e. The van der Waals surface area contributed by atoms with Gasteiger partial charge in [0.2, 0.25) is 0 Å². The number of rotatable bonds is 10. The third kappa shape index (κ3) is 7.17. The molecule has 1 aromatic rings. The Morgan fingerprint density at radius 1 is 1.00 bits per heavy atom. The van der Waals surface area contributed by atoms with Crippen LogP contribution in [0, 0.1) is 0 Å². The number of ether oxygens (including phenoxy) is 2. The van der Waals surface area contributed by atoms with Crippen LogP contribution in [0.4, 0.5) is 0 Å². The lowest BCUT2D eigenvalue weighted by Crippen LogP contribution is -2.04. The van der Waals surface area contributed by atoms with Crippen LogP contribution in [0.15, 0.2) is 24.3 Å². The molecule has 0 saturated heterocycles. The average molecular weight is 278 g/mol. The summed E-state index contributed by atoms with van der Waals surface area (Å²) < 4.78 is 10.3. The van der Waals surface area contributed by atoms with Gasteiger partial charge in [0.25, 0.3) is 0 Å². The van der Waals surface area contributed by atoms with Crippen LogP contribution >= 0.6 is 0 Å². The van der Waals surface area contributed by atoms with Crippen molar-refractivity contribution in [2.24, 2.45) is 0 Å². The summed E-state index contributed by atoms with van der Waals surface area (Å²) in [6, 6.07) is 7.64. The van der Waals surface area contributed by atoms with E-state index < -0.39 is 0 Å². The van der Waals surface area contributed by atoms with E-state index >= 15 is 0 Å². The van der Waals surface area contributed by atoms with Gasteiger partial charge in [0.15, 0.2) is 0 Å². The molecule has 0 aliphatic rings. The highest BCUT2D eigenvalue weighted by Gasteiger charge is 2.02. The lowest BCUT2D eigenvalue weighted by atomic mass is 10.1. The summed E-state index contributed by atoms with van der Waals surface area (Å²) in [6.07, 6.45) is 7.91. The first-order valence-corrected chi connectivity index (χ1v) is 7.54. The van der Waals surface area contributed by atoms with Crippen LogP contribution in [0.3, 0.4) is 0 Å². The third-order valence-electron chi connectivity index (χ3n) is 3.27. The number of benzene rings is 1. The van der Waals surface area contributed by atoms with E-state index in [4.69, 9.17) is 4.74 Å². The largest absolute Gasteiger partial charge is 0.494 e. The lowest BCUT2D eigenvalue weighted by Gasteiger charge is -2.07. The molecule has 0 spiro atoms. The van der Waals surface area contributed by atoms with Crippen LogP contribution in [-0.4, -0.2) is 19.7 Å². The summed E-state index contributed by atoms with van der Waals surface area (Å²) in [7, 11) is 1.40. The number of hydrogen-bond donors (Lipinski definition) is 0. The molecule has 3 nitrogen and oxygen atoms in total. The number of methoxy groups -OCH3 is 1. The topological polar surface area (TPSA) is 35.5 Å². The third-order valence-corrected chi connectivity index (χ3v) is 3.27. The van der Waals surface area contributed by atoms with Gasteiger partial charge in [-0.25, -0.2) is 0 Å². The van der Waals surface area contributed by atoms with Crippen molar-refractivity contribution in [1.82, 2.24) is 0 Å². The molecular formula is C17H26O3. The molecule has 0 radical (unpaired) electrons. The second kappa shape index (κ2) is 10.3. The summed E-state index contributed by atoms with van der Waals surface area (Å²) in [5.41, 5.74) is 0.948. The van der Waals surface area contributed by atoms with E-state index in [1.54, 1.807) is 0 Å². The van der Waals surface area contributed by atoms with E-state index in [9.17, 15) is 4.79 Å². The zero-order valence-electron chi connectivity index (χ0n) is 12.7. The van der Waals surface area contributed by atoms with Gasteiger partial charge in [-0.1, -0.05) is 51.2 Å². The van der Waals surface area contributed by atoms with Crippen LogP contribution in [-0.2, 0) is 16.0 Å². The molecule has 1 aromatic carbocycles.